The lowest BCUT2D eigenvalue weighted by Crippen LogP contribution is -2.30. The predicted octanol–water partition coefficient (Wildman–Crippen LogP) is 1.89. The van der Waals surface area contributed by atoms with Gasteiger partial charge >= 0.3 is 0 Å². The van der Waals surface area contributed by atoms with Crippen molar-refractivity contribution in [3.8, 4) is 0 Å². The van der Waals surface area contributed by atoms with Gasteiger partial charge in [0, 0.05) is 24.3 Å². The van der Waals surface area contributed by atoms with E-state index < -0.39 is 5.82 Å². The molecule has 1 amide bonds. The van der Waals surface area contributed by atoms with Crippen molar-refractivity contribution >= 4 is 11.6 Å². The van der Waals surface area contributed by atoms with E-state index in [1.54, 1.807) is 4.90 Å². The van der Waals surface area contributed by atoms with Crippen molar-refractivity contribution in [1.82, 2.24) is 4.90 Å². The van der Waals surface area contributed by atoms with Crippen LogP contribution in [0, 0.1) is 5.82 Å². The Kier molecular flexibility index (Phi) is 3.66. The zero-order valence-corrected chi connectivity index (χ0v) is 8.96. The molecule has 0 fully saturated rings. The van der Waals surface area contributed by atoms with E-state index in [2.05, 4.69) is 0 Å². The highest BCUT2D eigenvalue weighted by Gasteiger charge is 2.13. The molecule has 0 aliphatic rings. The summed E-state index contributed by atoms with van der Waals surface area (Å²) in [4.78, 5) is 13.4. The molecule has 0 saturated carbocycles. The van der Waals surface area contributed by atoms with Crippen molar-refractivity contribution in [3.63, 3.8) is 0 Å². The van der Waals surface area contributed by atoms with Gasteiger partial charge in [0.2, 0.25) is 0 Å². The third kappa shape index (κ3) is 2.68. The van der Waals surface area contributed by atoms with E-state index in [4.69, 9.17) is 5.73 Å². The predicted molar refractivity (Wildman–Crippen MR) is 58.1 cm³/mol. The maximum absolute atomic E-state index is 13.0. The van der Waals surface area contributed by atoms with E-state index in [0.29, 0.717) is 18.7 Å². The Morgan fingerprint density at radius 3 is 2.40 bits per heavy atom. The first-order chi connectivity index (χ1) is 7.08. The highest BCUT2D eigenvalue weighted by Crippen LogP contribution is 2.12. The highest BCUT2D eigenvalue weighted by atomic mass is 19.1. The number of amides is 1. The lowest BCUT2D eigenvalue weighted by atomic mass is 10.1. The number of nitrogens with two attached hydrogens (primary N) is 1. The molecule has 0 aliphatic carbocycles. The number of rotatable bonds is 3. The summed E-state index contributed by atoms with van der Waals surface area (Å²) < 4.78 is 13.0. The summed E-state index contributed by atoms with van der Waals surface area (Å²) in [5, 5.41) is 0. The Morgan fingerprint density at radius 1 is 1.33 bits per heavy atom. The van der Waals surface area contributed by atoms with E-state index in [9.17, 15) is 9.18 Å². The monoisotopic (exact) mass is 210 g/mol. The maximum Gasteiger partial charge on any atom is 0.254 e. The topological polar surface area (TPSA) is 46.3 Å². The summed E-state index contributed by atoms with van der Waals surface area (Å²) >= 11 is 0. The van der Waals surface area contributed by atoms with Crippen LogP contribution in [0.2, 0.25) is 0 Å². The second-order valence-corrected chi connectivity index (χ2v) is 3.25. The molecule has 1 aromatic rings. The van der Waals surface area contributed by atoms with Crippen LogP contribution < -0.4 is 5.73 Å². The van der Waals surface area contributed by atoms with Crippen molar-refractivity contribution in [2.45, 2.75) is 13.8 Å². The molecule has 0 atom stereocenters. The molecule has 0 bridgehead atoms. The number of nitrogens with zero attached hydrogens (tertiary/aromatic N) is 1. The lowest BCUT2D eigenvalue weighted by molar-refractivity contribution is 0.0772. The minimum absolute atomic E-state index is 0.189. The van der Waals surface area contributed by atoms with Crippen LogP contribution in [0.1, 0.15) is 24.2 Å². The first-order valence-corrected chi connectivity index (χ1v) is 4.93. The molecule has 0 radical (unpaired) electrons. The summed E-state index contributed by atoms with van der Waals surface area (Å²) in [6.07, 6.45) is 0. The molecule has 1 aromatic carbocycles. The SMILES string of the molecule is CCN(CC)C(=O)c1cc(N)cc(F)c1. The van der Waals surface area contributed by atoms with E-state index in [0.717, 1.165) is 0 Å². The largest absolute Gasteiger partial charge is 0.399 e. The van der Waals surface area contributed by atoms with Crippen LogP contribution in [0.5, 0.6) is 0 Å². The number of carbonyl (C=O) groups is 1. The molecule has 4 heteroatoms. The van der Waals surface area contributed by atoms with Gasteiger partial charge in [0.1, 0.15) is 5.82 Å². The van der Waals surface area contributed by atoms with Gasteiger partial charge in [-0.15, -0.1) is 0 Å². The summed E-state index contributed by atoms with van der Waals surface area (Å²) in [6.45, 7) is 4.96. The lowest BCUT2D eigenvalue weighted by Gasteiger charge is -2.18. The smallest absolute Gasteiger partial charge is 0.254 e. The number of nitrogen functional groups attached to an aromatic ring is 1. The Bertz CT molecular complexity index is 341. The Morgan fingerprint density at radius 2 is 1.93 bits per heavy atom. The zero-order chi connectivity index (χ0) is 11.4. The van der Waals surface area contributed by atoms with Crippen LogP contribution >= 0.6 is 0 Å². The molecule has 3 nitrogen and oxygen atoms in total. The van der Waals surface area contributed by atoms with Crippen molar-refractivity contribution in [2.75, 3.05) is 18.8 Å². The van der Waals surface area contributed by atoms with Crippen LogP contribution in [0.15, 0.2) is 18.2 Å². The third-order valence-corrected chi connectivity index (χ3v) is 2.22. The van der Waals surface area contributed by atoms with Gasteiger partial charge in [0.25, 0.3) is 5.91 Å². The van der Waals surface area contributed by atoms with Crippen molar-refractivity contribution in [3.05, 3.63) is 29.6 Å². The van der Waals surface area contributed by atoms with Crippen molar-refractivity contribution < 1.29 is 9.18 Å². The number of anilines is 1. The van der Waals surface area contributed by atoms with Crippen LogP contribution in [-0.4, -0.2) is 23.9 Å². The van der Waals surface area contributed by atoms with Gasteiger partial charge in [0.15, 0.2) is 0 Å². The van der Waals surface area contributed by atoms with Gasteiger partial charge in [-0.05, 0) is 32.0 Å². The minimum atomic E-state index is -0.481. The van der Waals surface area contributed by atoms with E-state index in [1.165, 1.54) is 18.2 Å². The van der Waals surface area contributed by atoms with E-state index in [1.807, 2.05) is 13.8 Å². The minimum Gasteiger partial charge on any atom is -0.399 e. The van der Waals surface area contributed by atoms with Gasteiger partial charge in [0.05, 0.1) is 0 Å². The maximum atomic E-state index is 13.0. The van der Waals surface area contributed by atoms with Gasteiger partial charge < -0.3 is 10.6 Å². The summed E-state index contributed by atoms with van der Waals surface area (Å²) in [7, 11) is 0. The highest BCUT2D eigenvalue weighted by molar-refractivity contribution is 5.95. The third-order valence-electron chi connectivity index (χ3n) is 2.22. The normalized spacial score (nSPS) is 10.1. The molecule has 0 aromatic heterocycles. The number of halogens is 1. The van der Waals surface area contributed by atoms with Crippen LogP contribution in [0.25, 0.3) is 0 Å². The molecule has 15 heavy (non-hydrogen) atoms. The standard InChI is InChI=1S/C11H15FN2O/c1-3-14(4-2)11(15)8-5-9(12)7-10(13)6-8/h5-7H,3-4,13H2,1-2H3. The van der Waals surface area contributed by atoms with Crippen molar-refractivity contribution in [1.29, 1.82) is 0 Å². The van der Waals surface area contributed by atoms with Gasteiger partial charge in [-0.1, -0.05) is 0 Å². The summed E-state index contributed by atoms with van der Waals surface area (Å²) in [6, 6.07) is 3.89. The molecule has 1 rings (SSSR count). The molecule has 0 spiro atoms. The Balaban J connectivity index is 3.00. The Hall–Kier alpha value is -1.58. The second kappa shape index (κ2) is 4.77. The molecule has 0 saturated heterocycles. The zero-order valence-electron chi connectivity index (χ0n) is 8.96. The van der Waals surface area contributed by atoms with Gasteiger partial charge in [-0.3, -0.25) is 4.79 Å². The molecule has 0 aliphatic heterocycles. The van der Waals surface area contributed by atoms with Crippen molar-refractivity contribution in [2.24, 2.45) is 0 Å². The van der Waals surface area contributed by atoms with E-state index >= 15 is 0 Å². The van der Waals surface area contributed by atoms with Crippen LogP contribution in [-0.2, 0) is 0 Å². The van der Waals surface area contributed by atoms with Crippen LogP contribution in [0.4, 0.5) is 10.1 Å². The van der Waals surface area contributed by atoms with Gasteiger partial charge in [-0.25, -0.2) is 4.39 Å². The number of hydrogen-bond donors (Lipinski definition) is 1. The molecule has 0 unspecified atom stereocenters. The molecule has 0 heterocycles. The molecule has 2 N–H and O–H groups in total. The first kappa shape index (κ1) is 11.5. The van der Waals surface area contributed by atoms with Gasteiger partial charge in [-0.2, -0.15) is 0 Å². The molecular weight excluding hydrogens is 195 g/mol. The number of hydrogen-bond acceptors (Lipinski definition) is 2. The summed E-state index contributed by atoms with van der Waals surface area (Å²) in [5.41, 5.74) is 6.04. The summed E-state index contributed by atoms with van der Waals surface area (Å²) in [5.74, 6) is -0.670. The quantitative estimate of drug-likeness (QED) is 0.774. The van der Waals surface area contributed by atoms with Crippen LogP contribution in [0.3, 0.4) is 0 Å². The second-order valence-electron chi connectivity index (χ2n) is 3.25. The average Bonchev–Trinajstić information content (AvgIpc) is 2.18. The van der Waals surface area contributed by atoms with E-state index in [-0.39, 0.29) is 11.6 Å². The average molecular weight is 210 g/mol. The molecule has 82 valence electrons. The molecular formula is C11H15FN2O. The fraction of sp³-hybridized carbons (Fsp3) is 0.364. The number of benzene rings is 1. The first-order valence-electron chi connectivity index (χ1n) is 4.93. The fourth-order valence-electron chi connectivity index (χ4n) is 1.43. The fourth-order valence-corrected chi connectivity index (χ4v) is 1.43. The Labute approximate surface area is 88.7 Å². The number of carbonyl (C=O) groups excluding carboxylic acids is 1.